The lowest BCUT2D eigenvalue weighted by Gasteiger charge is -2.12. The van der Waals surface area contributed by atoms with Gasteiger partial charge in [-0.3, -0.25) is 0 Å². The Bertz CT molecular complexity index is 656. The number of rotatable bonds is 4. The molecule has 0 unspecified atom stereocenters. The van der Waals surface area contributed by atoms with Crippen molar-refractivity contribution in [2.45, 2.75) is 6.92 Å². The SMILES string of the molecule is CCNc1nc(Nc2c(F)cc(F)cc2Cl)c(F)cc1F. The number of aromatic nitrogens is 1. The molecule has 0 aliphatic heterocycles. The van der Waals surface area contributed by atoms with E-state index >= 15 is 0 Å². The maximum Gasteiger partial charge on any atom is 0.169 e. The smallest absolute Gasteiger partial charge is 0.169 e. The Morgan fingerprint density at radius 2 is 1.67 bits per heavy atom. The highest BCUT2D eigenvalue weighted by molar-refractivity contribution is 6.33. The van der Waals surface area contributed by atoms with Crippen molar-refractivity contribution in [3.8, 4) is 0 Å². The summed E-state index contributed by atoms with van der Waals surface area (Å²) < 4.78 is 53.7. The van der Waals surface area contributed by atoms with E-state index in [0.717, 1.165) is 6.07 Å². The van der Waals surface area contributed by atoms with E-state index in [2.05, 4.69) is 15.6 Å². The lowest BCUT2D eigenvalue weighted by Crippen LogP contribution is -2.07. The Kier molecular flexibility index (Phi) is 4.52. The van der Waals surface area contributed by atoms with E-state index in [4.69, 9.17) is 11.6 Å². The lowest BCUT2D eigenvalue weighted by molar-refractivity contribution is 0.577. The molecule has 0 spiro atoms. The molecule has 1 heterocycles. The Balaban J connectivity index is 2.42. The molecular weight excluding hydrogens is 310 g/mol. The van der Waals surface area contributed by atoms with Crippen LogP contribution in [0.4, 0.5) is 34.9 Å². The highest BCUT2D eigenvalue weighted by Crippen LogP contribution is 2.30. The first-order chi connectivity index (χ1) is 9.92. The minimum atomic E-state index is -1.03. The lowest BCUT2D eigenvalue weighted by atomic mass is 10.3. The third kappa shape index (κ3) is 3.36. The van der Waals surface area contributed by atoms with Gasteiger partial charge >= 0.3 is 0 Å². The maximum absolute atomic E-state index is 13.7. The number of hydrogen-bond donors (Lipinski definition) is 2. The Labute approximate surface area is 123 Å². The topological polar surface area (TPSA) is 37.0 Å². The summed E-state index contributed by atoms with van der Waals surface area (Å²) in [5.74, 6) is -4.43. The number of halogens is 5. The number of pyridine rings is 1. The summed E-state index contributed by atoms with van der Waals surface area (Å²) in [4.78, 5) is 3.67. The number of anilines is 3. The fourth-order valence-corrected chi connectivity index (χ4v) is 1.87. The van der Waals surface area contributed by atoms with E-state index in [1.807, 2.05) is 0 Å². The van der Waals surface area contributed by atoms with E-state index < -0.39 is 29.1 Å². The Hall–Kier alpha value is -2.02. The molecule has 0 amide bonds. The first kappa shape index (κ1) is 15.4. The van der Waals surface area contributed by atoms with Crippen molar-refractivity contribution in [3.05, 3.63) is 46.5 Å². The van der Waals surface area contributed by atoms with Crippen LogP contribution >= 0.6 is 11.6 Å². The second-order valence-corrected chi connectivity index (χ2v) is 4.46. The summed E-state index contributed by atoms with van der Waals surface area (Å²) >= 11 is 5.69. The zero-order valence-electron chi connectivity index (χ0n) is 10.8. The minimum absolute atomic E-state index is 0.194. The summed E-state index contributed by atoms with van der Waals surface area (Å²) in [6.07, 6.45) is 0. The molecule has 1 aromatic heterocycles. The molecule has 3 nitrogen and oxygen atoms in total. The van der Waals surface area contributed by atoms with Gasteiger partial charge in [-0.2, -0.15) is 0 Å². The molecule has 2 aromatic rings. The third-order valence-corrected chi connectivity index (χ3v) is 2.82. The molecule has 0 saturated carbocycles. The van der Waals surface area contributed by atoms with E-state index in [-0.39, 0.29) is 16.5 Å². The number of nitrogens with zero attached hydrogens (tertiary/aromatic N) is 1. The summed E-state index contributed by atoms with van der Waals surface area (Å²) in [6, 6.07) is 2.04. The number of nitrogens with one attached hydrogen (secondary N) is 2. The van der Waals surface area contributed by atoms with Crippen molar-refractivity contribution in [2.24, 2.45) is 0 Å². The summed E-state index contributed by atoms with van der Waals surface area (Å²) in [7, 11) is 0. The standard InChI is InChI=1S/C13H10ClF4N3/c1-2-19-12-9(17)5-10(18)13(21-12)20-11-7(14)3-6(15)4-8(11)16/h3-5H,2H2,1H3,(H2,19,20,21). The molecule has 0 bridgehead atoms. The molecule has 0 fully saturated rings. The molecule has 8 heteroatoms. The molecule has 0 aliphatic rings. The fraction of sp³-hybridized carbons (Fsp3) is 0.154. The molecule has 2 N–H and O–H groups in total. The summed E-state index contributed by atoms with van der Waals surface area (Å²) in [5, 5.41) is 4.59. The molecule has 1 aromatic carbocycles. The van der Waals surface area contributed by atoms with Gasteiger partial charge in [0.2, 0.25) is 0 Å². The monoisotopic (exact) mass is 319 g/mol. The molecule has 21 heavy (non-hydrogen) atoms. The van der Waals surface area contributed by atoms with Crippen LogP contribution in [-0.2, 0) is 0 Å². The first-order valence-electron chi connectivity index (χ1n) is 5.93. The van der Waals surface area contributed by atoms with Gasteiger partial charge in [0.05, 0.1) is 10.7 Å². The molecule has 112 valence electrons. The predicted octanol–water partition coefficient (Wildman–Crippen LogP) is 4.47. The van der Waals surface area contributed by atoms with Crippen molar-refractivity contribution in [1.29, 1.82) is 0 Å². The van der Waals surface area contributed by atoms with Gasteiger partial charge in [-0.1, -0.05) is 11.6 Å². The van der Waals surface area contributed by atoms with Gasteiger partial charge in [-0.15, -0.1) is 0 Å². The van der Waals surface area contributed by atoms with Gasteiger partial charge in [0.25, 0.3) is 0 Å². The largest absolute Gasteiger partial charge is 0.368 e. The Morgan fingerprint density at radius 1 is 1.00 bits per heavy atom. The summed E-state index contributed by atoms with van der Waals surface area (Å²) in [5.41, 5.74) is -0.349. The van der Waals surface area contributed by atoms with Gasteiger partial charge in [0.1, 0.15) is 5.82 Å². The van der Waals surface area contributed by atoms with E-state index in [9.17, 15) is 17.6 Å². The van der Waals surface area contributed by atoms with Crippen molar-refractivity contribution in [2.75, 3.05) is 17.2 Å². The van der Waals surface area contributed by atoms with Crippen LogP contribution in [0.2, 0.25) is 5.02 Å². The van der Waals surface area contributed by atoms with Gasteiger partial charge in [0.15, 0.2) is 29.1 Å². The van der Waals surface area contributed by atoms with E-state index in [0.29, 0.717) is 18.7 Å². The van der Waals surface area contributed by atoms with E-state index in [1.54, 1.807) is 6.92 Å². The highest BCUT2D eigenvalue weighted by Gasteiger charge is 2.16. The quantitative estimate of drug-likeness (QED) is 0.817. The van der Waals surface area contributed by atoms with Crippen LogP contribution in [0.3, 0.4) is 0 Å². The fourth-order valence-electron chi connectivity index (χ4n) is 1.63. The molecule has 0 saturated heterocycles. The maximum atomic E-state index is 13.7. The van der Waals surface area contributed by atoms with Gasteiger partial charge in [-0.05, 0) is 13.0 Å². The van der Waals surface area contributed by atoms with Gasteiger partial charge in [0, 0.05) is 18.7 Å². The summed E-state index contributed by atoms with van der Waals surface area (Å²) in [6.45, 7) is 2.06. The van der Waals surface area contributed by atoms with Crippen molar-refractivity contribution in [3.63, 3.8) is 0 Å². The van der Waals surface area contributed by atoms with Crippen molar-refractivity contribution >= 4 is 28.9 Å². The molecule has 0 radical (unpaired) electrons. The van der Waals surface area contributed by atoms with Gasteiger partial charge < -0.3 is 10.6 Å². The van der Waals surface area contributed by atoms with Crippen molar-refractivity contribution < 1.29 is 17.6 Å². The zero-order chi connectivity index (χ0) is 15.6. The van der Waals surface area contributed by atoms with Crippen LogP contribution in [-0.4, -0.2) is 11.5 Å². The van der Waals surface area contributed by atoms with Crippen molar-refractivity contribution in [1.82, 2.24) is 4.98 Å². The van der Waals surface area contributed by atoms with E-state index in [1.165, 1.54) is 0 Å². The van der Waals surface area contributed by atoms with Crippen LogP contribution in [0.15, 0.2) is 18.2 Å². The minimum Gasteiger partial charge on any atom is -0.368 e. The van der Waals surface area contributed by atoms with Crippen LogP contribution in [0.1, 0.15) is 6.92 Å². The Morgan fingerprint density at radius 3 is 2.29 bits per heavy atom. The molecule has 0 aliphatic carbocycles. The van der Waals surface area contributed by atoms with Gasteiger partial charge in [-0.25, -0.2) is 22.5 Å². The number of hydrogen-bond acceptors (Lipinski definition) is 3. The average molecular weight is 320 g/mol. The third-order valence-electron chi connectivity index (χ3n) is 2.52. The molecular formula is C13H10ClF4N3. The van der Waals surface area contributed by atoms with Crippen LogP contribution in [0, 0.1) is 23.3 Å². The highest BCUT2D eigenvalue weighted by atomic mass is 35.5. The number of benzene rings is 1. The zero-order valence-corrected chi connectivity index (χ0v) is 11.5. The van der Waals surface area contributed by atoms with Crippen LogP contribution in [0.25, 0.3) is 0 Å². The first-order valence-corrected chi connectivity index (χ1v) is 6.31. The second kappa shape index (κ2) is 6.17. The normalized spacial score (nSPS) is 10.6. The molecule has 2 rings (SSSR count). The van der Waals surface area contributed by atoms with Crippen LogP contribution < -0.4 is 10.6 Å². The predicted molar refractivity (Wildman–Crippen MR) is 73.0 cm³/mol. The molecule has 0 atom stereocenters. The average Bonchev–Trinajstić information content (AvgIpc) is 2.38. The second-order valence-electron chi connectivity index (χ2n) is 4.05. The van der Waals surface area contributed by atoms with Crippen LogP contribution in [0.5, 0.6) is 0 Å².